The van der Waals surface area contributed by atoms with Crippen LogP contribution >= 0.6 is 11.8 Å². The summed E-state index contributed by atoms with van der Waals surface area (Å²) >= 11 is 1.49. The molecule has 1 fully saturated rings. The first-order valence-corrected chi connectivity index (χ1v) is 7.63. The van der Waals surface area contributed by atoms with Crippen molar-refractivity contribution in [2.24, 2.45) is 0 Å². The zero-order valence-electron chi connectivity index (χ0n) is 11.8. The molecule has 1 N–H and O–H groups in total. The predicted octanol–water partition coefficient (Wildman–Crippen LogP) is 0.839. The highest BCUT2D eigenvalue weighted by Crippen LogP contribution is 2.22. The van der Waals surface area contributed by atoms with Crippen molar-refractivity contribution in [2.75, 3.05) is 45.4 Å². The summed E-state index contributed by atoms with van der Waals surface area (Å²) in [4.78, 5) is 28.8. The number of amides is 2. The van der Waals surface area contributed by atoms with E-state index in [0.717, 1.165) is 13.0 Å². The third kappa shape index (κ3) is 4.58. The Bertz CT molecular complexity index is 325. The molecule has 1 saturated heterocycles. The fourth-order valence-electron chi connectivity index (χ4n) is 1.91. The molecule has 19 heavy (non-hydrogen) atoms. The number of carbonyl (C=O) groups is 2. The standard InChI is InChI=1S/C12H23N3O3S/c1-4-5-14(7-6-13(2)3)12(18)15-9-19-8-10(15)11(16)17/h10H,4-9H2,1-3H3,(H,16,17). The third-order valence-electron chi connectivity index (χ3n) is 2.99. The molecule has 0 aliphatic carbocycles. The van der Waals surface area contributed by atoms with Gasteiger partial charge in [-0.3, -0.25) is 0 Å². The Kier molecular flexibility index (Phi) is 6.44. The molecule has 0 bridgehead atoms. The first-order chi connectivity index (χ1) is 8.97. The molecule has 7 heteroatoms. The monoisotopic (exact) mass is 289 g/mol. The van der Waals surface area contributed by atoms with Crippen molar-refractivity contribution < 1.29 is 14.7 Å². The van der Waals surface area contributed by atoms with E-state index in [1.807, 2.05) is 25.9 Å². The van der Waals surface area contributed by atoms with Gasteiger partial charge in [0.25, 0.3) is 0 Å². The van der Waals surface area contributed by atoms with Gasteiger partial charge in [-0.2, -0.15) is 0 Å². The molecule has 0 saturated carbocycles. The van der Waals surface area contributed by atoms with E-state index in [-0.39, 0.29) is 6.03 Å². The molecular weight excluding hydrogens is 266 g/mol. The highest BCUT2D eigenvalue weighted by molar-refractivity contribution is 7.99. The van der Waals surface area contributed by atoms with Gasteiger partial charge in [0.1, 0.15) is 6.04 Å². The quantitative estimate of drug-likeness (QED) is 0.785. The topological polar surface area (TPSA) is 64.1 Å². The van der Waals surface area contributed by atoms with Gasteiger partial charge >= 0.3 is 12.0 Å². The van der Waals surface area contributed by atoms with Crippen molar-refractivity contribution >= 4 is 23.8 Å². The lowest BCUT2D eigenvalue weighted by molar-refractivity contribution is -0.140. The maximum absolute atomic E-state index is 12.4. The number of thioether (sulfide) groups is 1. The largest absolute Gasteiger partial charge is 0.480 e. The number of carboxylic acid groups (broad SMARTS) is 1. The van der Waals surface area contributed by atoms with Crippen LogP contribution in [0.25, 0.3) is 0 Å². The second kappa shape index (κ2) is 7.59. The van der Waals surface area contributed by atoms with E-state index in [9.17, 15) is 9.59 Å². The molecule has 1 atom stereocenters. The molecule has 6 nitrogen and oxygen atoms in total. The summed E-state index contributed by atoms with van der Waals surface area (Å²) in [7, 11) is 3.92. The zero-order chi connectivity index (χ0) is 14.4. The number of hydrogen-bond donors (Lipinski definition) is 1. The predicted molar refractivity (Wildman–Crippen MR) is 76.4 cm³/mol. The SMILES string of the molecule is CCCN(CCN(C)C)C(=O)N1CSCC1C(=O)O. The van der Waals surface area contributed by atoms with E-state index in [1.54, 1.807) is 4.90 Å². The molecule has 1 aliphatic rings. The summed E-state index contributed by atoms with van der Waals surface area (Å²) in [6, 6.07) is -0.836. The molecule has 0 radical (unpaired) electrons. The van der Waals surface area contributed by atoms with Crippen molar-refractivity contribution in [1.82, 2.24) is 14.7 Å². The Hall–Kier alpha value is -0.950. The Balaban J connectivity index is 2.66. The summed E-state index contributed by atoms with van der Waals surface area (Å²) < 4.78 is 0. The Morgan fingerprint density at radius 3 is 2.53 bits per heavy atom. The van der Waals surface area contributed by atoms with Gasteiger partial charge < -0.3 is 19.8 Å². The molecule has 1 unspecified atom stereocenters. The molecule has 0 aromatic carbocycles. The van der Waals surface area contributed by atoms with Gasteiger partial charge in [0.2, 0.25) is 0 Å². The Morgan fingerprint density at radius 1 is 1.32 bits per heavy atom. The van der Waals surface area contributed by atoms with Gasteiger partial charge in [-0.25, -0.2) is 9.59 Å². The summed E-state index contributed by atoms with van der Waals surface area (Å²) in [5.74, 6) is 0.0367. The highest BCUT2D eigenvalue weighted by Gasteiger charge is 2.36. The zero-order valence-corrected chi connectivity index (χ0v) is 12.7. The van der Waals surface area contributed by atoms with E-state index in [0.29, 0.717) is 24.7 Å². The molecule has 1 aliphatic heterocycles. The van der Waals surface area contributed by atoms with Crippen LogP contribution in [0.3, 0.4) is 0 Å². The van der Waals surface area contributed by atoms with Crippen LogP contribution < -0.4 is 0 Å². The number of urea groups is 1. The van der Waals surface area contributed by atoms with E-state index in [1.165, 1.54) is 16.7 Å². The normalized spacial score (nSPS) is 18.9. The van der Waals surface area contributed by atoms with Crippen molar-refractivity contribution in [3.8, 4) is 0 Å². The second-order valence-corrected chi connectivity index (χ2v) is 5.90. The first-order valence-electron chi connectivity index (χ1n) is 6.48. The Labute approximate surface area is 118 Å². The summed E-state index contributed by atoms with van der Waals surface area (Å²) in [6.07, 6.45) is 0.873. The van der Waals surface area contributed by atoms with Crippen LogP contribution in [0.2, 0.25) is 0 Å². The lowest BCUT2D eigenvalue weighted by Crippen LogP contribution is -2.50. The first kappa shape index (κ1) is 16.1. The van der Waals surface area contributed by atoms with Gasteiger partial charge in [-0.1, -0.05) is 6.92 Å². The van der Waals surface area contributed by atoms with Crippen LogP contribution in [-0.2, 0) is 4.79 Å². The van der Waals surface area contributed by atoms with Crippen LogP contribution in [0.5, 0.6) is 0 Å². The fraction of sp³-hybridized carbons (Fsp3) is 0.833. The molecule has 1 rings (SSSR count). The van der Waals surface area contributed by atoms with Crippen molar-refractivity contribution in [3.05, 3.63) is 0 Å². The number of carboxylic acids is 1. The lowest BCUT2D eigenvalue weighted by atomic mass is 10.3. The Morgan fingerprint density at radius 2 is 2.00 bits per heavy atom. The van der Waals surface area contributed by atoms with Gasteiger partial charge in [0.05, 0.1) is 5.88 Å². The van der Waals surface area contributed by atoms with Crippen LogP contribution in [0.1, 0.15) is 13.3 Å². The molecule has 0 aromatic rings. The van der Waals surface area contributed by atoms with Crippen molar-refractivity contribution in [1.29, 1.82) is 0 Å². The minimum Gasteiger partial charge on any atom is -0.480 e. The maximum atomic E-state index is 12.4. The van der Waals surface area contributed by atoms with Gasteiger partial charge in [-0.15, -0.1) is 11.8 Å². The molecule has 2 amide bonds. The van der Waals surface area contributed by atoms with E-state index < -0.39 is 12.0 Å². The van der Waals surface area contributed by atoms with Crippen LogP contribution in [-0.4, -0.2) is 83.2 Å². The summed E-state index contributed by atoms with van der Waals surface area (Å²) in [5, 5.41) is 9.13. The van der Waals surface area contributed by atoms with E-state index >= 15 is 0 Å². The molecule has 0 spiro atoms. The number of aliphatic carboxylic acids is 1. The van der Waals surface area contributed by atoms with Gasteiger partial charge in [0, 0.05) is 25.4 Å². The average molecular weight is 289 g/mol. The molecule has 1 heterocycles. The van der Waals surface area contributed by atoms with Crippen LogP contribution in [0.4, 0.5) is 4.79 Å². The van der Waals surface area contributed by atoms with E-state index in [2.05, 4.69) is 0 Å². The number of hydrogen-bond acceptors (Lipinski definition) is 4. The highest BCUT2D eigenvalue weighted by atomic mass is 32.2. The average Bonchev–Trinajstić information content (AvgIpc) is 2.82. The van der Waals surface area contributed by atoms with Crippen molar-refractivity contribution in [3.63, 3.8) is 0 Å². The second-order valence-electron chi connectivity index (χ2n) is 4.90. The maximum Gasteiger partial charge on any atom is 0.327 e. The smallest absolute Gasteiger partial charge is 0.327 e. The lowest BCUT2D eigenvalue weighted by Gasteiger charge is -2.30. The van der Waals surface area contributed by atoms with Crippen LogP contribution in [0.15, 0.2) is 0 Å². The molecule has 0 aromatic heterocycles. The third-order valence-corrected chi connectivity index (χ3v) is 4.01. The molecular formula is C12H23N3O3S. The van der Waals surface area contributed by atoms with Crippen molar-refractivity contribution in [2.45, 2.75) is 19.4 Å². The summed E-state index contributed by atoms with van der Waals surface area (Å²) in [5.41, 5.74) is 0. The van der Waals surface area contributed by atoms with E-state index in [4.69, 9.17) is 5.11 Å². The summed E-state index contributed by atoms with van der Waals surface area (Å²) in [6.45, 7) is 4.10. The molecule has 110 valence electrons. The number of rotatable bonds is 6. The van der Waals surface area contributed by atoms with Gasteiger partial charge in [0.15, 0.2) is 0 Å². The number of likely N-dealkylation sites (N-methyl/N-ethyl adjacent to an activating group) is 1. The minimum absolute atomic E-state index is 0.152. The minimum atomic E-state index is -0.914. The number of nitrogens with zero attached hydrogens (tertiary/aromatic N) is 3. The van der Waals surface area contributed by atoms with Gasteiger partial charge in [-0.05, 0) is 20.5 Å². The fourth-order valence-corrected chi connectivity index (χ4v) is 3.05. The van der Waals surface area contributed by atoms with Crippen LogP contribution in [0, 0.1) is 0 Å². The number of carbonyl (C=O) groups excluding carboxylic acids is 1.